The van der Waals surface area contributed by atoms with Crippen LogP contribution >= 0.6 is 0 Å². The highest BCUT2D eigenvalue weighted by molar-refractivity contribution is 5.89. The van der Waals surface area contributed by atoms with Crippen LogP contribution in [-0.2, 0) is 20.9 Å². The van der Waals surface area contributed by atoms with Crippen LogP contribution in [0.1, 0.15) is 18.4 Å². The summed E-state index contributed by atoms with van der Waals surface area (Å²) in [6.07, 6.45) is 1.39. The average Bonchev–Trinajstić information content (AvgIpc) is 2.64. The van der Waals surface area contributed by atoms with Crippen molar-refractivity contribution in [2.75, 3.05) is 26.3 Å². The number of piperidine rings is 1. The van der Waals surface area contributed by atoms with Crippen LogP contribution in [0.2, 0.25) is 0 Å². The van der Waals surface area contributed by atoms with Crippen molar-refractivity contribution in [1.29, 1.82) is 5.26 Å². The number of likely N-dealkylation sites (tertiary alicyclic amines) is 1. The molecule has 0 saturated carbocycles. The summed E-state index contributed by atoms with van der Waals surface area (Å²) < 4.78 is 5.33. The van der Waals surface area contributed by atoms with E-state index in [4.69, 9.17) is 10.00 Å². The van der Waals surface area contributed by atoms with E-state index in [1.165, 1.54) is 0 Å². The molecule has 2 fully saturated rings. The number of amides is 2. The monoisotopic (exact) mass is 327 g/mol. The zero-order valence-electron chi connectivity index (χ0n) is 13.6. The van der Waals surface area contributed by atoms with Gasteiger partial charge in [-0.1, -0.05) is 30.3 Å². The molecule has 126 valence electrons. The topological polar surface area (TPSA) is 73.6 Å². The number of carbonyl (C=O) groups excluding carboxylic acids is 2. The molecule has 2 aliphatic rings. The number of ether oxygens (including phenoxy) is 1. The molecule has 24 heavy (non-hydrogen) atoms. The number of benzene rings is 1. The summed E-state index contributed by atoms with van der Waals surface area (Å²) in [5.74, 6) is -0.204. The van der Waals surface area contributed by atoms with Crippen molar-refractivity contribution in [2.24, 2.45) is 5.92 Å². The van der Waals surface area contributed by atoms with Gasteiger partial charge in [-0.15, -0.1) is 0 Å². The highest BCUT2D eigenvalue weighted by Gasteiger charge is 2.37. The lowest BCUT2D eigenvalue weighted by Crippen LogP contribution is -2.57. The fourth-order valence-electron chi connectivity index (χ4n) is 3.23. The van der Waals surface area contributed by atoms with Gasteiger partial charge in [-0.2, -0.15) is 5.26 Å². The molecule has 6 heteroatoms. The Bertz CT molecular complexity index is 633. The Labute approximate surface area is 141 Å². The predicted molar refractivity (Wildman–Crippen MR) is 86.5 cm³/mol. The Kier molecular flexibility index (Phi) is 5.11. The average molecular weight is 327 g/mol. The minimum absolute atomic E-state index is 0.0210. The Morgan fingerprint density at radius 1 is 1.25 bits per heavy atom. The number of hydrogen-bond acceptors (Lipinski definition) is 4. The maximum atomic E-state index is 12.9. The summed E-state index contributed by atoms with van der Waals surface area (Å²) in [5, 5.41) is 8.98. The molecule has 0 aromatic heterocycles. The summed E-state index contributed by atoms with van der Waals surface area (Å²) in [7, 11) is 0. The second-order valence-corrected chi connectivity index (χ2v) is 6.27. The van der Waals surface area contributed by atoms with Crippen LogP contribution in [0, 0.1) is 17.2 Å². The molecule has 0 unspecified atom stereocenters. The molecule has 2 amide bonds. The van der Waals surface area contributed by atoms with E-state index < -0.39 is 6.04 Å². The Morgan fingerprint density at radius 3 is 2.62 bits per heavy atom. The first-order valence-corrected chi connectivity index (χ1v) is 8.28. The molecule has 0 N–H and O–H groups in total. The fourth-order valence-corrected chi connectivity index (χ4v) is 3.23. The molecule has 2 heterocycles. The van der Waals surface area contributed by atoms with Gasteiger partial charge in [0.1, 0.15) is 12.6 Å². The van der Waals surface area contributed by atoms with Crippen molar-refractivity contribution >= 4 is 11.8 Å². The van der Waals surface area contributed by atoms with Gasteiger partial charge in [0.05, 0.1) is 12.7 Å². The molecule has 2 aliphatic heterocycles. The molecule has 3 rings (SSSR count). The molecular formula is C18H21N3O3. The lowest BCUT2D eigenvalue weighted by Gasteiger charge is -2.39. The summed E-state index contributed by atoms with van der Waals surface area (Å²) in [6, 6.07) is 11.3. The van der Waals surface area contributed by atoms with Crippen molar-refractivity contribution in [1.82, 2.24) is 9.80 Å². The molecular weight excluding hydrogens is 306 g/mol. The molecule has 0 radical (unpaired) electrons. The van der Waals surface area contributed by atoms with E-state index in [1.807, 2.05) is 30.3 Å². The first kappa shape index (κ1) is 16.5. The Balaban J connectivity index is 1.70. The molecule has 0 aliphatic carbocycles. The SMILES string of the molecule is N#CC1CCN(C(=O)[C@@H]2COCC(=O)N2Cc2ccccc2)CC1. The summed E-state index contributed by atoms with van der Waals surface area (Å²) in [5.41, 5.74) is 0.994. The van der Waals surface area contributed by atoms with Gasteiger partial charge in [0, 0.05) is 25.6 Å². The molecule has 1 aromatic carbocycles. The zero-order valence-corrected chi connectivity index (χ0v) is 13.6. The number of nitrogens with zero attached hydrogens (tertiary/aromatic N) is 3. The van der Waals surface area contributed by atoms with Gasteiger partial charge < -0.3 is 14.5 Å². The largest absolute Gasteiger partial charge is 0.369 e. The van der Waals surface area contributed by atoms with Gasteiger partial charge in [0.15, 0.2) is 0 Å². The van der Waals surface area contributed by atoms with E-state index in [0.717, 1.165) is 5.56 Å². The van der Waals surface area contributed by atoms with E-state index in [1.54, 1.807) is 9.80 Å². The fraction of sp³-hybridized carbons (Fsp3) is 0.500. The maximum Gasteiger partial charge on any atom is 0.249 e. The number of rotatable bonds is 3. The van der Waals surface area contributed by atoms with Crippen molar-refractivity contribution in [3.05, 3.63) is 35.9 Å². The van der Waals surface area contributed by atoms with Crippen molar-refractivity contribution in [3.8, 4) is 6.07 Å². The number of morpholine rings is 1. The molecule has 0 spiro atoms. The van der Waals surface area contributed by atoms with Gasteiger partial charge in [0.25, 0.3) is 0 Å². The number of nitriles is 1. The first-order valence-electron chi connectivity index (χ1n) is 8.28. The summed E-state index contributed by atoms with van der Waals surface area (Å²) in [4.78, 5) is 28.5. The van der Waals surface area contributed by atoms with Crippen LogP contribution in [0.15, 0.2) is 30.3 Å². The third-order valence-electron chi connectivity index (χ3n) is 4.67. The van der Waals surface area contributed by atoms with Crippen LogP contribution in [0.25, 0.3) is 0 Å². The van der Waals surface area contributed by atoms with E-state index in [2.05, 4.69) is 6.07 Å². The minimum atomic E-state index is -0.579. The van der Waals surface area contributed by atoms with Crippen molar-refractivity contribution in [3.63, 3.8) is 0 Å². The minimum Gasteiger partial charge on any atom is -0.369 e. The molecule has 1 aromatic rings. The van der Waals surface area contributed by atoms with E-state index in [0.29, 0.717) is 32.5 Å². The molecule has 0 bridgehead atoms. The summed E-state index contributed by atoms with van der Waals surface area (Å²) in [6.45, 7) is 1.80. The smallest absolute Gasteiger partial charge is 0.249 e. The van der Waals surface area contributed by atoms with Gasteiger partial charge >= 0.3 is 0 Å². The van der Waals surface area contributed by atoms with Gasteiger partial charge in [-0.05, 0) is 18.4 Å². The van der Waals surface area contributed by atoms with Crippen LogP contribution in [-0.4, -0.2) is 54.0 Å². The zero-order chi connectivity index (χ0) is 16.9. The predicted octanol–water partition coefficient (Wildman–Crippen LogP) is 1.18. The van der Waals surface area contributed by atoms with Gasteiger partial charge in [-0.3, -0.25) is 9.59 Å². The standard InChI is InChI=1S/C18H21N3O3/c19-10-14-6-8-20(9-7-14)18(23)16-12-24-13-17(22)21(16)11-15-4-2-1-3-5-15/h1-5,14,16H,6-9,11-13H2/t16-/m0/s1. The Hall–Kier alpha value is -2.39. The van der Waals surface area contributed by atoms with Gasteiger partial charge in [-0.25, -0.2) is 0 Å². The lowest BCUT2D eigenvalue weighted by atomic mass is 9.98. The van der Waals surface area contributed by atoms with Crippen molar-refractivity contribution < 1.29 is 14.3 Å². The van der Waals surface area contributed by atoms with E-state index >= 15 is 0 Å². The number of carbonyl (C=O) groups is 2. The number of hydrogen-bond donors (Lipinski definition) is 0. The van der Waals surface area contributed by atoms with Gasteiger partial charge in [0.2, 0.25) is 11.8 Å². The third kappa shape index (κ3) is 3.57. The maximum absolute atomic E-state index is 12.9. The molecule has 1 atom stereocenters. The molecule has 2 saturated heterocycles. The quantitative estimate of drug-likeness (QED) is 0.835. The lowest BCUT2D eigenvalue weighted by molar-refractivity contribution is -0.160. The third-order valence-corrected chi connectivity index (χ3v) is 4.67. The highest BCUT2D eigenvalue weighted by Crippen LogP contribution is 2.20. The van der Waals surface area contributed by atoms with Crippen LogP contribution in [0.3, 0.4) is 0 Å². The first-order chi connectivity index (χ1) is 11.7. The molecule has 6 nitrogen and oxygen atoms in total. The van der Waals surface area contributed by atoms with Crippen molar-refractivity contribution in [2.45, 2.75) is 25.4 Å². The summed E-state index contributed by atoms with van der Waals surface area (Å²) >= 11 is 0. The van der Waals surface area contributed by atoms with E-state index in [9.17, 15) is 9.59 Å². The van der Waals surface area contributed by atoms with E-state index in [-0.39, 0.29) is 30.9 Å². The van der Waals surface area contributed by atoms with Crippen LogP contribution in [0.5, 0.6) is 0 Å². The van der Waals surface area contributed by atoms with Crippen LogP contribution < -0.4 is 0 Å². The second kappa shape index (κ2) is 7.45. The normalized spacial score (nSPS) is 22.3. The Morgan fingerprint density at radius 2 is 1.96 bits per heavy atom. The second-order valence-electron chi connectivity index (χ2n) is 6.27. The van der Waals surface area contributed by atoms with Crippen LogP contribution in [0.4, 0.5) is 0 Å². The highest BCUT2D eigenvalue weighted by atomic mass is 16.5.